The molecule has 0 bridgehead atoms. The Morgan fingerprint density at radius 3 is 1.47 bits per heavy atom. The molecule has 0 aliphatic heterocycles. The molecule has 1 unspecified atom stereocenters. The first kappa shape index (κ1) is 49.8. The SMILES string of the molecule is CCCCCC/C=C\CCCCCCCCCC(=O)OC[C@H](COP(=O)([O-])OCC[N+](C)(C)C)OC(=O)CCCCCCCCCCCCCC. The molecule has 0 rings (SSSR count). The molecule has 10 heteroatoms. The van der Waals surface area contributed by atoms with Gasteiger partial charge in [-0.05, 0) is 38.5 Å². The fourth-order valence-corrected chi connectivity index (χ4v) is 6.44. The zero-order chi connectivity index (χ0) is 37.9. The van der Waals surface area contributed by atoms with Crippen molar-refractivity contribution in [1.29, 1.82) is 0 Å². The van der Waals surface area contributed by atoms with Crippen molar-refractivity contribution in [3.05, 3.63) is 12.2 Å². The largest absolute Gasteiger partial charge is 0.756 e. The van der Waals surface area contributed by atoms with E-state index in [4.69, 9.17) is 18.5 Å². The highest BCUT2D eigenvalue weighted by molar-refractivity contribution is 7.45. The molecule has 302 valence electrons. The lowest BCUT2D eigenvalue weighted by Crippen LogP contribution is -2.37. The van der Waals surface area contributed by atoms with Crippen LogP contribution in [0.3, 0.4) is 0 Å². The number of likely N-dealkylation sites (N-methyl/N-ethyl adjacent to an activating group) is 1. The van der Waals surface area contributed by atoms with Gasteiger partial charge in [-0.1, -0.05) is 148 Å². The standard InChI is InChI=1S/C41H80NO8P/c1-6-8-10-12-14-16-18-20-21-22-24-25-27-29-31-33-40(43)47-37-39(38-49-51(45,46)48-36-35-42(3,4)5)50-41(44)34-32-30-28-26-23-19-17-15-13-11-9-7-2/h16,18,39H,6-15,17,19-38H2,1-5H3/b18-16-/t39-/m1/s1. The molecule has 0 saturated heterocycles. The molecule has 0 aliphatic rings. The van der Waals surface area contributed by atoms with E-state index >= 15 is 0 Å². The number of unbranched alkanes of at least 4 members (excludes halogenated alkanes) is 22. The number of hydrogen-bond donors (Lipinski definition) is 0. The van der Waals surface area contributed by atoms with E-state index in [1.54, 1.807) is 0 Å². The predicted molar refractivity (Wildman–Crippen MR) is 208 cm³/mol. The van der Waals surface area contributed by atoms with Crippen LogP contribution in [0.15, 0.2) is 12.2 Å². The molecule has 9 nitrogen and oxygen atoms in total. The van der Waals surface area contributed by atoms with Crippen molar-refractivity contribution in [2.45, 2.75) is 193 Å². The van der Waals surface area contributed by atoms with E-state index in [0.717, 1.165) is 44.9 Å². The molecule has 0 aromatic heterocycles. The minimum absolute atomic E-state index is 0.0285. The van der Waals surface area contributed by atoms with E-state index in [1.807, 2.05) is 21.1 Å². The number of nitrogens with zero attached hydrogens (tertiary/aromatic N) is 1. The number of phosphoric acid groups is 1. The minimum Gasteiger partial charge on any atom is -0.756 e. The van der Waals surface area contributed by atoms with Crippen LogP contribution in [0.5, 0.6) is 0 Å². The highest BCUT2D eigenvalue weighted by Gasteiger charge is 2.21. The van der Waals surface area contributed by atoms with Crippen LogP contribution < -0.4 is 4.89 Å². The van der Waals surface area contributed by atoms with Crippen LogP contribution >= 0.6 is 7.82 Å². The highest BCUT2D eigenvalue weighted by atomic mass is 31.2. The van der Waals surface area contributed by atoms with Gasteiger partial charge in [0.2, 0.25) is 0 Å². The summed E-state index contributed by atoms with van der Waals surface area (Å²) in [4.78, 5) is 37.4. The maximum absolute atomic E-state index is 12.6. The molecule has 0 aromatic rings. The molecule has 0 saturated carbocycles. The van der Waals surface area contributed by atoms with Crippen LogP contribution in [-0.4, -0.2) is 70.0 Å². The second-order valence-electron chi connectivity index (χ2n) is 15.4. The molecule has 2 atom stereocenters. The molecule has 0 fully saturated rings. The van der Waals surface area contributed by atoms with E-state index in [1.165, 1.54) is 109 Å². The molecule has 0 N–H and O–H groups in total. The Labute approximate surface area is 314 Å². The van der Waals surface area contributed by atoms with Gasteiger partial charge in [0, 0.05) is 12.8 Å². The average molecular weight is 746 g/mol. The third-order valence-electron chi connectivity index (χ3n) is 9.04. The molecule has 0 radical (unpaired) electrons. The first-order valence-electron chi connectivity index (χ1n) is 20.9. The van der Waals surface area contributed by atoms with Crippen molar-refractivity contribution in [2.24, 2.45) is 0 Å². The Morgan fingerprint density at radius 2 is 1.00 bits per heavy atom. The monoisotopic (exact) mass is 746 g/mol. The lowest BCUT2D eigenvalue weighted by molar-refractivity contribution is -0.870. The van der Waals surface area contributed by atoms with Gasteiger partial charge >= 0.3 is 11.9 Å². The Morgan fingerprint density at radius 1 is 0.588 bits per heavy atom. The van der Waals surface area contributed by atoms with Crippen molar-refractivity contribution >= 4 is 19.8 Å². The van der Waals surface area contributed by atoms with E-state index in [0.29, 0.717) is 17.4 Å². The number of esters is 2. The van der Waals surface area contributed by atoms with Crippen LogP contribution in [-0.2, 0) is 32.7 Å². The molecule has 0 spiro atoms. The Bertz CT molecular complexity index is 891. The Kier molecular flexibility index (Phi) is 33.7. The number of allylic oxidation sites excluding steroid dienone is 2. The number of carbonyl (C=O) groups excluding carboxylic acids is 2. The van der Waals surface area contributed by atoms with Crippen molar-refractivity contribution < 1.29 is 42.1 Å². The third kappa shape index (κ3) is 38.3. The number of carbonyl (C=O) groups is 2. The van der Waals surface area contributed by atoms with Gasteiger partial charge in [-0.25, -0.2) is 0 Å². The van der Waals surface area contributed by atoms with E-state index in [9.17, 15) is 19.0 Å². The fraction of sp³-hybridized carbons (Fsp3) is 0.902. The van der Waals surface area contributed by atoms with Gasteiger partial charge in [0.25, 0.3) is 7.82 Å². The van der Waals surface area contributed by atoms with E-state index < -0.39 is 26.5 Å². The zero-order valence-corrected chi connectivity index (χ0v) is 34.7. The number of rotatable bonds is 38. The van der Waals surface area contributed by atoms with Crippen LogP contribution in [0.1, 0.15) is 187 Å². The normalized spacial score (nSPS) is 13.8. The Balaban J connectivity index is 4.37. The van der Waals surface area contributed by atoms with Crippen LogP contribution in [0.25, 0.3) is 0 Å². The summed E-state index contributed by atoms with van der Waals surface area (Å²) in [7, 11) is 1.17. The lowest BCUT2D eigenvalue weighted by Gasteiger charge is -2.28. The minimum atomic E-state index is -4.61. The smallest absolute Gasteiger partial charge is 0.306 e. The summed E-state index contributed by atoms with van der Waals surface area (Å²) in [6, 6.07) is 0. The van der Waals surface area contributed by atoms with Gasteiger partial charge in [-0.2, -0.15) is 0 Å². The van der Waals surface area contributed by atoms with Crippen LogP contribution in [0.4, 0.5) is 0 Å². The molecule has 0 aliphatic carbocycles. The summed E-state index contributed by atoms with van der Waals surface area (Å²) in [6.07, 6.45) is 33.7. The van der Waals surface area contributed by atoms with Gasteiger partial charge in [-0.15, -0.1) is 0 Å². The topological polar surface area (TPSA) is 111 Å². The van der Waals surface area contributed by atoms with Gasteiger partial charge < -0.3 is 27.9 Å². The van der Waals surface area contributed by atoms with Gasteiger partial charge in [0.15, 0.2) is 6.10 Å². The van der Waals surface area contributed by atoms with Crippen LogP contribution in [0, 0.1) is 0 Å². The van der Waals surface area contributed by atoms with E-state index in [2.05, 4.69) is 26.0 Å². The quantitative estimate of drug-likeness (QED) is 0.0202. The van der Waals surface area contributed by atoms with Crippen LogP contribution in [0.2, 0.25) is 0 Å². The average Bonchev–Trinajstić information content (AvgIpc) is 3.07. The van der Waals surface area contributed by atoms with Crippen molar-refractivity contribution in [3.8, 4) is 0 Å². The van der Waals surface area contributed by atoms with E-state index in [-0.39, 0.29) is 32.0 Å². The van der Waals surface area contributed by atoms with Crippen molar-refractivity contribution in [1.82, 2.24) is 0 Å². The zero-order valence-electron chi connectivity index (χ0n) is 33.8. The fourth-order valence-electron chi connectivity index (χ4n) is 5.71. The molecular weight excluding hydrogens is 665 g/mol. The summed E-state index contributed by atoms with van der Waals surface area (Å²) in [5, 5.41) is 0. The maximum Gasteiger partial charge on any atom is 0.306 e. The number of ether oxygens (including phenoxy) is 2. The summed E-state index contributed by atoms with van der Waals surface area (Å²) in [6.45, 7) is 4.21. The molecule has 0 aromatic carbocycles. The van der Waals surface area contributed by atoms with Gasteiger partial charge in [0.1, 0.15) is 19.8 Å². The number of quaternary nitrogens is 1. The van der Waals surface area contributed by atoms with Crippen molar-refractivity contribution in [2.75, 3.05) is 47.5 Å². The summed E-state index contributed by atoms with van der Waals surface area (Å²) < 4.78 is 33.8. The summed E-state index contributed by atoms with van der Waals surface area (Å²) >= 11 is 0. The Hall–Kier alpha value is -1.25. The highest BCUT2D eigenvalue weighted by Crippen LogP contribution is 2.38. The molecule has 0 amide bonds. The molecule has 51 heavy (non-hydrogen) atoms. The second kappa shape index (κ2) is 34.5. The predicted octanol–water partition coefficient (Wildman–Crippen LogP) is 10.8. The van der Waals surface area contributed by atoms with Gasteiger partial charge in [-0.3, -0.25) is 14.2 Å². The third-order valence-corrected chi connectivity index (χ3v) is 10.00. The first-order valence-corrected chi connectivity index (χ1v) is 22.4. The maximum atomic E-state index is 12.6. The summed E-state index contributed by atoms with van der Waals surface area (Å²) in [5.41, 5.74) is 0. The lowest BCUT2D eigenvalue weighted by atomic mass is 10.0. The molecular formula is C41H80NO8P. The first-order chi connectivity index (χ1) is 24.5. The second-order valence-corrected chi connectivity index (χ2v) is 16.8. The summed E-state index contributed by atoms with van der Waals surface area (Å²) in [5.74, 6) is -0.833. The van der Waals surface area contributed by atoms with Gasteiger partial charge in [0.05, 0.1) is 27.7 Å². The number of hydrogen-bond acceptors (Lipinski definition) is 8. The number of phosphoric ester groups is 1. The molecule has 0 heterocycles. The van der Waals surface area contributed by atoms with Crippen molar-refractivity contribution in [3.63, 3.8) is 0 Å².